The fraction of sp³-hybridized carbons (Fsp3) is 0.857. The average molecular weight is 255 g/mol. The molecular formula is C14H25NO3. The topological polar surface area (TPSA) is 55.4 Å². The molecule has 1 rings (SSSR count). The molecule has 1 amide bonds. The summed E-state index contributed by atoms with van der Waals surface area (Å²) in [6, 6.07) is -0.514. The molecule has 0 aromatic heterocycles. The van der Waals surface area contributed by atoms with Crippen LogP contribution in [0.3, 0.4) is 0 Å². The molecule has 0 aromatic rings. The van der Waals surface area contributed by atoms with E-state index >= 15 is 0 Å². The van der Waals surface area contributed by atoms with Gasteiger partial charge in [-0.15, -0.1) is 0 Å². The van der Waals surface area contributed by atoms with Crippen LogP contribution in [0, 0.1) is 11.3 Å². The molecule has 0 radical (unpaired) electrons. The molecule has 18 heavy (non-hydrogen) atoms. The zero-order valence-electron chi connectivity index (χ0n) is 11.9. The third-order valence-corrected chi connectivity index (χ3v) is 3.75. The Labute approximate surface area is 109 Å². The molecule has 0 aliphatic heterocycles. The van der Waals surface area contributed by atoms with Gasteiger partial charge in [0.2, 0.25) is 5.91 Å². The van der Waals surface area contributed by atoms with Gasteiger partial charge in [0.05, 0.1) is 7.11 Å². The van der Waals surface area contributed by atoms with Crippen molar-refractivity contribution in [1.29, 1.82) is 0 Å². The molecule has 4 heteroatoms. The van der Waals surface area contributed by atoms with Crippen molar-refractivity contribution in [2.75, 3.05) is 7.11 Å². The Morgan fingerprint density at radius 1 is 1.28 bits per heavy atom. The predicted molar refractivity (Wildman–Crippen MR) is 70.0 cm³/mol. The van der Waals surface area contributed by atoms with E-state index in [9.17, 15) is 9.59 Å². The second-order valence-corrected chi connectivity index (χ2v) is 5.95. The zero-order chi connectivity index (χ0) is 13.8. The number of esters is 1. The Bertz CT molecular complexity index is 306. The highest BCUT2D eigenvalue weighted by Gasteiger charge is 2.38. The van der Waals surface area contributed by atoms with Crippen molar-refractivity contribution in [3.05, 3.63) is 0 Å². The van der Waals surface area contributed by atoms with Gasteiger partial charge in [-0.2, -0.15) is 0 Å². The quantitative estimate of drug-likeness (QED) is 0.767. The van der Waals surface area contributed by atoms with Crippen LogP contribution in [0.4, 0.5) is 0 Å². The number of methoxy groups -OCH3 is 1. The summed E-state index contributed by atoms with van der Waals surface area (Å²) in [4.78, 5) is 23.9. The molecule has 1 aliphatic carbocycles. The maximum Gasteiger partial charge on any atom is 0.328 e. The van der Waals surface area contributed by atoms with Gasteiger partial charge in [0.25, 0.3) is 0 Å². The minimum Gasteiger partial charge on any atom is -0.467 e. The van der Waals surface area contributed by atoms with Crippen LogP contribution in [0.1, 0.15) is 52.9 Å². The molecule has 1 atom stereocenters. The largest absolute Gasteiger partial charge is 0.467 e. The monoisotopic (exact) mass is 255 g/mol. The highest BCUT2D eigenvalue weighted by Crippen LogP contribution is 2.37. The van der Waals surface area contributed by atoms with E-state index in [1.54, 1.807) is 0 Å². The van der Waals surface area contributed by atoms with Crippen molar-refractivity contribution >= 4 is 11.9 Å². The van der Waals surface area contributed by atoms with Gasteiger partial charge in [0.1, 0.15) is 6.04 Å². The Balaban J connectivity index is 2.64. The van der Waals surface area contributed by atoms with E-state index in [1.807, 2.05) is 20.8 Å². The molecule has 4 nitrogen and oxygen atoms in total. The second kappa shape index (κ2) is 6.21. The van der Waals surface area contributed by atoms with Crippen LogP contribution in [0.25, 0.3) is 0 Å². The van der Waals surface area contributed by atoms with Crippen LogP contribution < -0.4 is 5.32 Å². The van der Waals surface area contributed by atoms with Crippen LogP contribution in [0.5, 0.6) is 0 Å². The predicted octanol–water partition coefficient (Wildman–Crippen LogP) is 2.27. The average Bonchev–Trinajstić information content (AvgIpc) is 2.75. The molecule has 0 saturated heterocycles. The number of nitrogens with one attached hydrogen (secondary N) is 1. The molecule has 0 spiro atoms. The minimum atomic E-state index is -0.514. The molecule has 1 fully saturated rings. The first-order valence-electron chi connectivity index (χ1n) is 6.78. The van der Waals surface area contributed by atoms with Gasteiger partial charge < -0.3 is 10.1 Å². The van der Waals surface area contributed by atoms with Crippen LogP contribution in [-0.2, 0) is 14.3 Å². The number of hydrogen-bond donors (Lipinski definition) is 1. The van der Waals surface area contributed by atoms with E-state index in [0.717, 1.165) is 25.7 Å². The second-order valence-electron chi connectivity index (χ2n) is 5.95. The molecule has 104 valence electrons. The van der Waals surface area contributed by atoms with Crippen molar-refractivity contribution in [3.63, 3.8) is 0 Å². The number of amides is 1. The summed E-state index contributed by atoms with van der Waals surface area (Å²) in [6.45, 7) is 6.04. The van der Waals surface area contributed by atoms with E-state index in [0.29, 0.717) is 12.3 Å². The van der Waals surface area contributed by atoms with Crippen molar-refractivity contribution in [2.24, 2.45) is 11.3 Å². The summed E-state index contributed by atoms with van der Waals surface area (Å²) in [5.74, 6) is -0.0134. The van der Waals surface area contributed by atoms with E-state index < -0.39 is 6.04 Å². The lowest BCUT2D eigenvalue weighted by atomic mass is 9.87. The number of carbonyl (C=O) groups excluding carboxylic acids is 2. The maximum absolute atomic E-state index is 12.3. The number of rotatable bonds is 5. The maximum atomic E-state index is 12.3. The number of hydrogen-bond acceptors (Lipinski definition) is 3. The standard InChI is InChI=1S/C14H25NO3/c1-10(2)9-11(12(16)18-4)15-13(17)14(3)7-5-6-8-14/h10-11H,5-9H2,1-4H3,(H,15,17). The molecule has 1 N–H and O–H groups in total. The highest BCUT2D eigenvalue weighted by molar-refractivity contribution is 5.87. The van der Waals surface area contributed by atoms with Gasteiger partial charge in [0, 0.05) is 5.41 Å². The summed E-state index contributed by atoms with van der Waals surface area (Å²) in [5.41, 5.74) is -0.302. The van der Waals surface area contributed by atoms with Gasteiger partial charge in [-0.1, -0.05) is 33.6 Å². The third-order valence-electron chi connectivity index (χ3n) is 3.75. The lowest BCUT2D eigenvalue weighted by Gasteiger charge is -2.26. The minimum absolute atomic E-state index is 0.00366. The fourth-order valence-electron chi connectivity index (χ4n) is 2.54. The van der Waals surface area contributed by atoms with Crippen LogP contribution >= 0.6 is 0 Å². The number of ether oxygens (including phenoxy) is 1. The fourth-order valence-corrected chi connectivity index (χ4v) is 2.54. The van der Waals surface area contributed by atoms with Gasteiger partial charge in [-0.3, -0.25) is 4.79 Å². The van der Waals surface area contributed by atoms with Crippen LogP contribution in [-0.4, -0.2) is 25.0 Å². The highest BCUT2D eigenvalue weighted by atomic mass is 16.5. The van der Waals surface area contributed by atoms with Crippen molar-refractivity contribution in [2.45, 2.75) is 58.9 Å². The van der Waals surface area contributed by atoms with Gasteiger partial charge in [-0.05, 0) is 25.2 Å². The smallest absolute Gasteiger partial charge is 0.328 e. The first kappa shape index (κ1) is 15.0. The summed E-state index contributed by atoms with van der Waals surface area (Å²) < 4.78 is 4.76. The Hall–Kier alpha value is -1.06. The van der Waals surface area contributed by atoms with Crippen LogP contribution in [0.2, 0.25) is 0 Å². The van der Waals surface area contributed by atoms with E-state index in [-0.39, 0.29) is 17.3 Å². The summed E-state index contributed by atoms with van der Waals surface area (Å²) in [5, 5.41) is 2.87. The van der Waals surface area contributed by atoms with Crippen molar-refractivity contribution in [1.82, 2.24) is 5.32 Å². The van der Waals surface area contributed by atoms with E-state index in [4.69, 9.17) is 4.74 Å². The molecule has 0 heterocycles. The Kier molecular flexibility index (Phi) is 5.17. The molecular weight excluding hydrogens is 230 g/mol. The lowest BCUT2D eigenvalue weighted by Crippen LogP contribution is -2.47. The molecule has 1 aliphatic rings. The Morgan fingerprint density at radius 2 is 1.83 bits per heavy atom. The summed E-state index contributed by atoms with van der Waals surface area (Å²) in [6.07, 6.45) is 4.63. The lowest BCUT2D eigenvalue weighted by molar-refractivity contribution is -0.147. The van der Waals surface area contributed by atoms with Crippen LogP contribution in [0.15, 0.2) is 0 Å². The normalized spacial score (nSPS) is 19.6. The third kappa shape index (κ3) is 3.72. The van der Waals surface area contributed by atoms with Gasteiger partial charge in [-0.25, -0.2) is 4.79 Å². The van der Waals surface area contributed by atoms with Gasteiger partial charge >= 0.3 is 5.97 Å². The molecule has 1 saturated carbocycles. The zero-order valence-corrected chi connectivity index (χ0v) is 11.9. The van der Waals surface area contributed by atoms with Crippen molar-refractivity contribution < 1.29 is 14.3 Å². The van der Waals surface area contributed by atoms with Crippen molar-refractivity contribution in [3.8, 4) is 0 Å². The first-order chi connectivity index (χ1) is 8.39. The van der Waals surface area contributed by atoms with E-state index in [1.165, 1.54) is 7.11 Å². The van der Waals surface area contributed by atoms with Gasteiger partial charge in [0.15, 0.2) is 0 Å². The SMILES string of the molecule is COC(=O)C(CC(C)C)NC(=O)C1(C)CCCC1. The Morgan fingerprint density at radius 3 is 2.28 bits per heavy atom. The van der Waals surface area contributed by atoms with E-state index in [2.05, 4.69) is 5.32 Å². The summed E-state index contributed by atoms with van der Waals surface area (Å²) >= 11 is 0. The number of carbonyl (C=O) groups is 2. The first-order valence-corrected chi connectivity index (χ1v) is 6.78. The molecule has 0 bridgehead atoms. The molecule has 1 unspecified atom stereocenters. The summed E-state index contributed by atoms with van der Waals surface area (Å²) in [7, 11) is 1.36. The molecule has 0 aromatic carbocycles.